The largest absolute Gasteiger partial charge is 0.425 e. The summed E-state index contributed by atoms with van der Waals surface area (Å²) in [6.07, 6.45) is -17.0. The van der Waals surface area contributed by atoms with E-state index in [1.807, 2.05) is 0 Å². The van der Waals surface area contributed by atoms with Gasteiger partial charge in [0.2, 0.25) is 0 Å². The van der Waals surface area contributed by atoms with Crippen molar-refractivity contribution < 1.29 is 57.4 Å². The molecule has 1 aliphatic rings. The van der Waals surface area contributed by atoms with E-state index in [0.717, 1.165) is 0 Å². The minimum absolute atomic E-state index is 2.16. The van der Waals surface area contributed by atoms with Crippen LogP contribution in [-0.2, 0) is 4.74 Å². The van der Waals surface area contributed by atoms with E-state index >= 15 is 0 Å². The highest BCUT2D eigenvalue weighted by Gasteiger charge is 2.95. The van der Waals surface area contributed by atoms with Gasteiger partial charge in [-0.2, -0.15) is 35.1 Å². The maximum Gasteiger partial charge on any atom is 0.425 e. The van der Waals surface area contributed by atoms with Crippen molar-refractivity contribution in [2.45, 2.75) is 42.3 Å². The highest BCUT2D eigenvalue weighted by Crippen LogP contribution is 2.64. The monoisotopic (exact) mass is 330 g/mol. The molecule has 0 saturated carbocycles. The fourth-order valence-corrected chi connectivity index (χ4v) is 1.43. The smallest absolute Gasteiger partial charge is 0.274 e. The molecule has 20 heavy (non-hydrogen) atoms. The van der Waals surface area contributed by atoms with Gasteiger partial charge in [0.25, 0.3) is 6.36 Å². The second kappa shape index (κ2) is 4.07. The second-order valence-electron chi connectivity index (χ2n) is 3.73. The van der Waals surface area contributed by atoms with Crippen molar-refractivity contribution in [1.82, 2.24) is 0 Å². The molecule has 1 nitrogen and oxygen atoms in total. The highest BCUT2D eigenvalue weighted by molar-refractivity contribution is 5.19. The lowest BCUT2D eigenvalue weighted by molar-refractivity contribution is -0.510. The zero-order chi connectivity index (χ0) is 16.4. The third-order valence-electron chi connectivity index (χ3n) is 2.53. The van der Waals surface area contributed by atoms with E-state index < -0.39 is 42.3 Å². The highest BCUT2D eigenvalue weighted by atomic mass is 19.3. The summed E-state index contributed by atoms with van der Waals surface area (Å²) < 4.78 is 153. The first-order valence-electron chi connectivity index (χ1n) is 4.37. The summed E-state index contributed by atoms with van der Waals surface area (Å²) in [4.78, 5) is 0. The molecule has 1 aliphatic heterocycles. The van der Waals surface area contributed by atoms with Crippen LogP contribution in [0.3, 0.4) is 0 Å². The summed E-state index contributed by atoms with van der Waals surface area (Å²) in [7, 11) is 0. The fraction of sp³-hybridized carbons (Fsp3) is 1.00. The van der Waals surface area contributed by atoms with Crippen molar-refractivity contribution in [1.29, 1.82) is 0 Å². The van der Waals surface area contributed by atoms with Gasteiger partial charge in [-0.1, -0.05) is 0 Å². The standard InChI is InChI=1S/C7H2F12O/c8-1(9)3(11,12)5(15)4(13,14)2(10)20-7(18,19)6(5,16)17/h1-2H. The topological polar surface area (TPSA) is 9.23 Å². The Balaban J connectivity index is 3.66. The molecule has 1 heterocycles. The third-order valence-corrected chi connectivity index (χ3v) is 2.53. The van der Waals surface area contributed by atoms with E-state index in [-0.39, 0.29) is 0 Å². The molecule has 0 radical (unpaired) electrons. The number of hydrogen-bond acceptors (Lipinski definition) is 1. The van der Waals surface area contributed by atoms with E-state index in [2.05, 4.69) is 4.74 Å². The second-order valence-corrected chi connectivity index (χ2v) is 3.73. The maximum absolute atomic E-state index is 13.4. The molecule has 2 unspecified atom stereocenters. The molecular weight excluding hydrogens is 328 g/mol. The molecule has 1 fully saturated rings. The van der Waals surface area contributed by atoms with E-state index in [1.54, 1.807) is 0 Å². The van der Waals surface area contributed by atoms with Crippen LogP contribution in [0.2, 0.25) is 0 Å². The SMILES string of the molecule is FC(F)C(F)(F)C1(F)C(F)(F)C(F)OC(F)(F)C1(F)F. The molecular formula is C7H2F12O. The Bertz CT molecular complexity index is 381. The van der Waals surface area contributed by atoms with Crippen LogP contribution >= 0.6 is 0 Å². The molecule has 120 valence electrons. The number of hydrogen-bond donors (Lipinski definition) is 0. The van der Waals surface area contributed by atoms with Crippen LogP contribution in [0, 0.1) is 0 Å². The van der Waals surface area contributed by atoms with E-state index in [9.17, 15) is 52.7 Å². The predicted octanol–water partition coefficient (Wildman–Crippen LogP) is 3.78. The van der Waals surface area contributed by atoms with Crippen LogP contribution < -0.4 is 0 Å². The lowest BCUT2D eigenvalue weighted by Crippen LogP contribution is -2.80. The van der Waals surface area contributed by atoms with Crippen molar-refractivity contribution in [2.24, 2.45) is 0 Å². The van der Waals surface area contributed by atoms with Crippen LogP contribution in [0.5, 0.6) is 0 Å². The molecule has 0 N–H and O–H groups in total. The number of alkyl halides is 12. The van der Waals surface area contributed by atoms with Gasteiger partial charge in [0, 0.05) is 0 Å². The summed E-state index contributed by atoms with van der Waals surface area (Å²) in [5, 5.41) is 0. The van der Waals surface area contributed by atoms with Crippen molar-refractivity contribution in [3.63, 3.8) is 0 Å². The van der Waals surface area contributed by atoms with E-state index in [4.69, 9.17) is 0 Å². The fourth-order valence-electron chi connectivity index (χ4n) is 1.43. The van der Waals surface area contributed by atoms with Crippen LogP contribution in [0.1, 0.15) is 0 Å². The maximum atomic E-state index is 13.4. The first kappa shape index (κ1) is 17.2. The van der Waals surface area contributed by atoms with Gasteiger partial charge in [-0.05, 0) is 0 Å². The minimum Gasteiger partial charge on any atom is -0.274 e. The Labute approximate surface area is 101 Å². The van der Waals surface area contributed by atoms with E-state index in [1.165, 1.54) is 0 Å². The van der Waals surface area contributed by atoms with Crippen LogP contribution in [-0.4, -0.2) is 42.3 Å². The van der Waals surface area contributed by atoms with Gasteiger partial charge in [-0.25, -0.2) is 17.6 Å². The van der Waals surface area contributed by atoms with Gasteiger partial charge in [-0.15, -0.1) is 0 Å². The molecule has 13 heteroatoms. The molecule has 0 amide bonds. The molecule has 0 spiro atoms. The van der Waals surface area contributed by atoms with Crippen molar-refractivity contribution in [2.75, 3.05) is 0 Å². The number of halogens is 12. The Morgan fingerprint density at radius 3 is 1.65 bits per heavy atom. The molecule has 0 aromatic rings. The zero-order valence-corrected chi connectivity index (χ0v) is 8.60. The van der Waals surface area contributed by atoms with E-state index in [0.29, 0.717) is 0 Å². The van der Waals surface area contributed by atoms with Crippen molar-refractivity contribution in [3.05, 3.63) is 0 Å². The van der Waals surface area contributed by atoms with Crippen LogP contribution in [0.15, 0.2) is 0 Å². The first-order valence-corrected chi connectivity index (χ1v) is 4.37. The molecule has 0 bridgehead atoms. The van der Waals surface area contributed by atoms with Gasteiger partial charge in [-0.3, -0.25) is 4.74 Å². The van der Waals surface area contributed by atoms with Crippen molar-refractivity contribution in [3.8, 4) is 0 Å². The number of ether oxygens (including phenoxy) is 1. The van der Waals surface area contributed by atoms with Gasteiger partial charge in [0.15, 0.2) is 0 Å². The molecule has 0 aromatic heterocycles. The lowest BCUT2D eigenvalue weighted by atomic mass is 9.81. The molecule has 0 aromatic carbocycles. The molecule has 1 saturated heterocycles. The Hall–Kier alpha value is -0.880. The first-order chi connectivity index (χ1) is 8.57. The van der Waals surface area contributed by atoms with Crippen LogP contribution in [0.4, 0.5) is 52.7 Å². The summed E-state index contributed by atoms with van der Waals surface area (Å²) in [5.41, 5.74) is -7.21. The van der Waals surface area contributed by atoms with Gasteiger partial charge < -0.3 is 0 Å². The number of rotatable bonds is 2. The quantitative estimate of drug-likeness (QED) is 0.700. The zero-order valence-electron chi connectivity index (χ0n) is 8.60. The summed E-state index contributed by atoms with van der Waals surface area (Å²) >= 11 is 0. The predicted molar refractivity (Wildman–Crippen MR) is 35.6 cm³/mol. The van der Waals surface area contributed by atoms with Crippen molar-refractivity contribution >= 4 is 0 Å². The minimum atomic E-state index is -7.21. The molecule has 0 aliphatic carbocycles. The summed E-state index contributed by atoms with van der Waals surface area (Å²) in [6, 6.07) is 0. The van der Waals surface area contributed by atoms with Gasteiger partial charge >= 0.3 is 36.0 Å². The third kappa shape index (κ3) is 1.64. The lowest BCUT2D eigenvalue weighted by Gasteiger charge is -2.49. The van der Waals surface area contributed by atoms with Gasteiger partial charge in [0.05, 0.1) is 0 Å². The Morgan fingerprint density at radius 1 is 0.900 bits per heavy atom. The Kier molecular flexibility index (Phi) is 3.50. The summed E-state index contributed by atoms with van der Waals surface area (Å²) in [5.74, 6) is -20.8. The van der Waals surface area contributed by atoms with Crippen LogP contribution in [0.25, 0.3) is 0 Å². The average Bonchev–Trinajstić information content (AvgIpc) is 2.24. The summed E-state index contributed by atoms with van der Waals surface area (Å²) in [6.45, 7) is 0. The molecule has 1 rings (SSSR count). The molecule has 2 atom stereocenters. The van der Waals surface area contributed by atoms with Gasteiger partial charge in [0.1, 0.15) is 0 Å². The average molecular weight is 330 g/mol. The normalized spacial score (nSPS) is 36.1. The Morgan fingerprint density at radius 2 is 1.30 bits per heavy atom.